The number of anilines is 1. The lowest BCUT2D eigenvalue weighted by Crippen LogP contribution is -2.25. The molecule has 1 amide bonds. The van der Waals surface area contributed by atoms with Crippen molar-refractivity contribution in [1.82, 2.24) is 5.43 Å². The van der Waals surface area contributed by atoms with E-state index in [9.17, 15) is 4.79 Å². The highest BCUT2D eigenvalue weighted by molar-refractivity contribution is 6.33. The summed E-state index contributed by atoms with van der Waals surface area (Å²) in [6, 6.07) is 10.6. The van der Waals surface area contributed by atoms with Crippen molar-refractivity contribution in [2.45, 2.75) is 0 Å². The molecular formula is C18H20ClN3O4. The third-order valence-corrected chi connectivity index (χ3v) is 3.73. The maximum Gasteiger partial charge on any atom is 0.259 e. The summed E-state index contributed by atoms with van der Waals surface area (Å²) in [7, 11) is 4.58. The van der Waals surface area contributed by atoms with Crippen LogP contribution < -0.4 is 25.0 Å². The lowest BCUT2D eigenvalue weighted by molar-refractivity contribution is -0.119. The van der Waals surface area contributed by atoms with Crippen LogP contribution in [-0.2, 0) is 4.79 Å². The summed E-state index contributed by atoms with van der Waals surface area (Å²) in [4.78, 5) is 11.9. The van der Waals surface area contributed by atoms with Gasteiger partial charge in [0.15, 0.2) is 11.5 Å². The van der Waals surface area contributed by atoms with Gasteiger partial charge in [0.25, 0.3) is 5.91 Å². The number of para-hydroxylation sites is 1. The average Bonchev–Trinajstić information content (AvgIpc) is 2.66. The van der Waals surface area contributed by atoms with E-state index in [1.54, 1.807) is 24.3 Å². The number of rotatable bonds is 8. The highest BCUT2D eigenvalue weighted by Gasteiger charge is 2.12. The van der Waals surface area contributed by atoms with Crippen LogP contribution in [0.15, 0.2) is 41.5 Å². The molecule has 0 bridgehead atoms. The predicted molar refractivity (Wildman–Crippen MR) is 102 cm³/mol. The van der Waals surface area contributed by atoms with Gasteiger partial charge in [-0.3, -0.25) is 4.79 Å². The standard InChI is InChI=1S/C18H20ClN3O4/c1-24-15-8-12(9-16(25-2)18(15)26-3)10-21-22-17(23)11-20-14-7-5-4-6-13(14)19/h4-10,20H,11H2,1-3H3,(H,22,23)/b21-10-. The average molecular weight is 378 g/mol. The van der Waals surface area contributed by atoms with E-state index >= 15 is 0 Å². The second kappa shape index (κ2) is 9.53. The molecule has 2 N–H and O–H groups in total. The molecule has 0 saturated heterocycles. The lowest BCUT2D eigenvalue weighted by atomic mass is 10.2. The van der Waals surface area contributed by atoms with Crippen LogP contribution in [0.3, 0.4) is 0 Å². The fraction of sp³-hybridized carbons (Fsp3) is 0.222. The van der Waals surface area contributed by atoms with Crippen LogP contribution in [0.25, 0.3) is 0 Å². The van der Waals surface area contributed by atoms with E-state index < -0.39 is 0 Å². The molecule has 0 aliphatic carbocycles. The molecule has 0 radical (unpaired) electrons. The van der Waals surface area contributed by atoms with Gasteiger partial charge < -0.3 is 19.5 Å². The van der Waals surface area contributed by atoms with Crippen LogP contribution in [0, 0.1) is 0 Å². The number of benzene rings is 2. The van der Waals surface area contributed by atoms with E-state index in [-0.39, 0.29) is 12.5 Å². The monoisotopic (exact) mass is 377 g/mol. The molecule has 0 saturated carbocycles. The summed E-state index contributed by atoms with van der Waals surface area (Å²) < 4.78 is 15.8. The second-order valence-electron chi connectivity index (χ2n) is 5.09. The number of hydrogen-bond acceptors (Lipinski definition) is 6. The van der Waals surface area contributed by atoms with Crippen molar-refractivity contribution in [3.05, 3.63) is 47.0 Å². The molecule has 0 spiro atoms. The first kappa shape index (κ1) is 19.4. The molecular weight excluding hydrogens is 358 g/mol. The summed E-state index contributed by atoms with van der Waals surface area (Å²) >= 11 is 6.02. The smallest absolute Gasteiger partial charge is 0.259 e. The van der Waals surface area contributed by atoms with Crippen molar-refractivity contribution in [2.24, 2.45) is 5.10 Å². The summed E-state index contributed by atoms with van der Waals surface area (Å²) in [6.45, 7) is 0.0380. The number of hydrogen-bond donors (Lipinski definition) is 2. The van der Waals surface area contributed by atoms with Crippen molar-refractivity contribution in [2.75, 3.05) is 33.2 Å². The van der Waals surface area contributed by atoms with Crippen LogP contribution in [0.2, 0.25) is 5.02 Å². The molecule has 7 nitrogen and oxygen atoms in total. The highest BCUT2D eigenvalue weighted by Crippen LogP contribution is 2.37. The van der Waals surface area contributed by atoms with Crippen LogP contribution >= 0.6 is 11.6 Å². The Kier molecular flexibility index (Phi) is 7.11. The molecule has 0 fully saturated rings. The van der Waals surface area contributed by atoms with Crippen LogP contribution in [0.5, 0.6) is 17.2 Å². The van der Waals surface area contributed by atoms with Crippen molar-refractivity contribution in [3.8, 4) is 17.2 Å². The van der Waals surface area contributed by atoms with Crippen LogP contribution in [0.4, 0.5) is 5.69 Å². The Morgan fingerprint density at radius 1 is 1.12 bits per heavy atom. The Morgan fingerprint density at radius 3 is 2.35 bits per heavy atom. The highest BCUT2D eigenvalue weighted by atomic mass is 35.5. The zero-order valence-electron chi connectivity index (χ0n) is 14.7. The summed E-state index contributed by atoms with van der Waals surface area (Å²) in [5.74, 6) is 1.17. The number of ether oxygens (including phenoxy) is 3. The number of nitrogens with zero attached hydrogens (tertiary/aromatic N) is 1. The van der Waals surface area contributed by atoms with Gasteiger partial charge in [-0.15, -0.1) is 0 Å². The molecule has 2 aromatic rings. The largest absolute Gasteiger partial charge is 0.493 e. The van der Waals surface area contributed by atoms with Gasteiger partial charge in [-0.2, -0.15) is 5.10 Å². The van der Waals surface area contributed by atoms with Crippen molar-refractivity contribution < 1.29 is 19.0 Å². The van der Waals surface area contributed by atoms with E-state index in [0.717, 1.165) is 0 Å². The third kappa shape index (κ3) is 5.03. The summed E-state index contributed by atoms with van der Waals surface area (Å²) in [5, 5.41) is 7.41. The Balaban J connectivity index is 1.97. The molecule has 0 heterocycles. The Morgan fingerprint density at radius 2 is 1.77 bits per heavy atom. The Bertz CT molecular complexity index is 771. The van der Waals surface area contributed by atoms with Gasteiger partial charge in [-0.25, -0.2) is 5.43 Å². The Hall–Kier alpha value is -2.93. The van der Waals surface area contributed by atoms with Gasteiger partial charge in [-0.05, 0) is 24.3 Å². The molecule has 0 aliphatic heterocycles. The Labute approximate surface area is 156 Å². The zero-order chi connectivity index (χ0) is 18.9. The van der Waals surface area contributed by atoms with Gasteiger partial charge in [-0.1, -0.05) is 23.7 Å². The number of carbonyl (C=O) groups excluding carboxylic acids is 1. The second-order valence-corrected chi connectivity index (χ2v) is 5.49. The minimum absolute atomic E-state index is 0.0380. The van der Waals surface area contributed by atoms with Crippen molar-refractivity contribution in [3.63, 3.8) is 0 Å². The molecule has 0 atom stereocenters. The third-order valence-electron chi connectivity index (χ3n) is 3.40. The van der Waals surface area contributed by atoms with Gasteiger partial charge >= 0.3 is 0 Å². The van der Waals surface area contributed by atoms with Gasteiger partial charge in [0.05, 0.1) is 44.8 Å². The summed E-state index contributed by atoms with van der Waals surface area (Å²) in [6.07, 6.45) is 1.48. The number of carbonyl (C=O) groups is 1. The summed E-state index contributed by atoms with van der Waals surface area (Å²) in [5.41, 5.74) is 3.79. The van der Waals surface area contributed by atoms with Crippen molar-refractivity contribution >= 4 is 29.4 Å². The van der Waals surface area contributed by atoms with E-state index in [0.29, 0.717) is 33.5 Å². The van der Waals surface area contributed by atoms with E-state index in [1.807, 2.05) is 12.1 Å². The molecule has 0 aliphatic rings. The van der Waals surface area contributed by atoms with Gasteiger partial charge in [0.1, 0.15) is 0 Å². The minimum atomic E-state index is -0.311. The first-order valence-electron chi connectivity index (χ1n) is 7.69. The SMILES string of the molecule is COc1cc(/C=N\NC(=O)CNc2ccccc2Cl)cc(OC)c1OC. The van der Waals surface area contributed by atoms with Gasteiger partial charge in [0, 0.05) is 5.56 Å². The quantitative estimate of drug-likeness (QED) is 0.546. The molecule has 26 heavy (non-hydrogen) atoms. The molecule has 0 unspecified atom stereocenters. The maximum absolute atomic E-state index is 11.9. The normalized spacial score (nSPS) is 10.5. The first-order valence-corrected chi connectivity index (χ1v) is 8.07. The zero-order valence-corrected chi connectivity index (χ0v) is 15.5. The molecule has 0 aromatic heterocycles. The number of halogens is 1. The van der Waals surface area contributed by atoms with Crippen LogP contribution in [-0.4, -0.2) is 40.0 Å². The molecule has 8 heteroatoms. The molecule has 2 rings (SSSR count). The number of amides is 1. The lowest BCUT2D eigenvalue weighted by Gasteiger charge is -2.12. The molecule has 2 aromatic carbocycles. The van der Waals surface area contributed by atoms with Gasteiger partial charge in [0.2, 0.25) is 5.75 Å². The number of hydrazone groups is 1. The van der Waals surface area contributed by atoms with E-state index in [4.69, 9.17) is 25.8 Å². The van der Waals surface area contributed by atoms with E-state index in [2.05, 4.69) is 15.8 Å². The van der Waals surface area contributed by atoms with Crippen LogP contribution in [0.1, 0.15) is 5.56 Å². The van der Waals surface area contributed by atoms with E-state index in [1.165, 1.54) is 27.5 Å². The fourth-order valence-electron chi connectivity index (χ4n) is 2.17. The minimum Gasteiger partial charge on any atom is -0.493 e. The fourth-order valence-corrected chi connectivity index (χ4v) is 2.38. The molecule has 138 valence electrons. The maximum atomic E-state index is 11.9. The predicted octanol–water partition coefficient (Wildman–Crippen LogP) is 2.93. The first-order chi connectivity index (χ1) is 12.6. The number of nitrogens with one attached hydrogen (secondary N) is 2. The topological polar surface area (TPSA) is 81.2 Å². The number of methoxy groups -OCH3 is 3. The van der Waals surface area contributed by atoms with Crippen molar-refractivity contribution in [1.29, 1.82) is 0 Å².